The number of hydrogen-bond donors (Lipinski definition) is 1. The number of carbonyl (C=O) groups is 1. The van der Waals surface area contributed by atoms with Crippen LogP contribution in [-0.2, 0) is 6.54 Å². The van der Waals surface area contributed by atoms with Crippen LogP contribution in [0.4, 0.5) is 0 Å². The third kappa shape index (κ3) is 2.72. The summed E-state index contributed by atoms with van der Waals surface area (Å²) >= 11 is 5.91. The van der Waals surface area contributed by atoms with Crippen molar-refractivity contribution in [1.29, 1.82) is 0 Å². The fourth-order valence-corrected chi connectivity index (χ4v) is 3.17. The van der Waals surface area contributed by atoms with E-state index in [9.17, 15) is 9.59 Å². The van der Waals surface area contributed by atoms with Crippen molar-refractivity contribution in [1.82, 2.24) is 9.55 Å². The lowest BCUT2D eigenvalue weighted by atomic mass is 10.1. The summed E-state index contributed by atoms with van der Waals surface area (Å²) in [5, 5.41) is 10.2. The van der Waals surface area contributed by atoms with Gasteiger partial charge in [0.25, 0.3) is 5.56 Å². The molecular formula is C19H13ClN2O3. The van der Waals surface area contributed by atoms with Crippen LogP contribution in [-0.4, -0.2) is 20.6 Å². The first-order valence-corrected chi connectivity index (χ1v) is 8.15. The summed E-state index contributed by atoms with van der Waals surface area (Å²) in [6.45, 7) is 0.567. The zero-order chi connectivity index (χ0) is 17.6. The zero-order valence-corrected chi connectivity index (χ0v) is 13.8. The van der Waals surface area contributed by atoms with Crippen molar-refractivity contribution in [3.63, 3.8) is 0 Å². The maximum Gasteiger partial charge on any atom is 0.335 e. The number of benzene rings is 2. The van der Waals surface area contributed by atoms with Gasteiger partial charge in [-0.25, -0.2) is 9.78 Å². The van der Waals surface area contributed by atoms with Crippen molar-refractivity contribution in [3.8, 4) is 0 Å². The Hall–Kier alpha value is -2.92. The van der Waals surface area contributed by atoms with Crippen LogP contribution in [0, 0.1) is 0 Å². The van der Waals surface area contributed by atoms with Gasteiger partial charge in [-0.1, -0.05) is 23.7 Å². The minimum atomic E-state index is -1.04. The van der Waals surface area contributed by atoms with Crippen molar-refractivity contribution in [2.75, 3.05) is 0 Å². The summed E-state index contributed by atoms with van der Waals surface area (Å²) in [5.41, 5.74) is 2.30. The molecule has 1 aromatic heterocycles. The standard InChI is InChI=1S/C19H13ClN2O3/c20-14-4-1-11(2-5-14)9-12-7-8-22-17(12)21-16-10-13(19(24)25)3-6-15(16)18(22)23/h1-6,9-10H,7-8H2,(H,24,25)/b12-9+. The highest BCUT2D eigenvalue weighted by Gasteiger charge is 2.21. The molecule has 5 nitrogen and oxygen atoms in total. The molecule has 1 aliphatic rings. The molecule has 1 aliphatic heterocycles. The van der Waals surface area contributed by atoms with Crippen LogP contribution in [0.15, 0.2) is 47.3 Å². The molecule has 25 heavy (non-hydrogen) atoms. The average Bonchev–Trinajstić information content (AvgIpc) is 2.99. The molecular weight excluding hydrogens is 340 g/mol. The fraction of sp³-hybridized carbons (Fsp3) is 0.105. The average molecular weight is 353 g/mol. The lowest BCUT2D eigenvalue weighted by Crippen LogP contribution is -2.20. The van der Waals surface area contributed by atoms with E-state index in [4.69, 9.17) is 16.7 Å². The molecule has 0 spiro atoms. The first kappa shape index (κ1) is 15.6. The van der Waals surface area contributed by atoms with Crippen LogP contribution in [0.3, 0.4) is 0 Å². The van der Waals surface area contributed by atoms with E-state index in [2.05, 4.69) is 4.98 Å². The molecule has 6 heteroatoms. The SMILES string of the molecule is O=C(O)c1ccc2c(=O)n3c(nc2c1)/C(=C/c1ccc(Cl)cc1)CC3. The maximum atomic E-state index is 12.7. The van der Waals surface area contributed by atoms with Crippen molar-refractivity contribution in [3.05, 3.63) is 74.8 Å². The molecule has 0 bridgehead atoms. The van der Waals surface area contributed by atoms with Crippen molar-refractivity contribution >= 4 is 40.1 Å². The molecule has 0 atom stereocenters. The number of aromatic carboxylic acids is 1. The van der Waals surface area contributed by atoms with Crippen molar-refractivity contribution in [2.24, 2.45) is 0 Å². The molecule has 1 N–H and O–H groups in total. The number of halogens is 1. The Bertz CT molecular complexity index is 1100. The van der Waals surface area contributed by atoms with Crippen molar-refractivity contribution in [2.45, 2.75) is 13.0 Å². The smallest absolute Gasteiger partial charge is 0.335 e. The van der Waals surface area contributed by atoms with E-state index in [1.165, 1.54) is 18.2 Å². The quantitative estimate of drug-likeness (QED) is 0.763. The van der Waals surface area contributed by atoms with E-state index in [-0.39, 0.29) is 11.1 Å². The van der Waals surface area contributed by atoms with Crippen LogP contribution in [0.25, 0.3) is 22.6 Å². The molecule has 4 rings (SSSR count). The van der Waals surface area contributed by atoms with Gasteiger partial charge in [-0.3, -0.25) is 9.36 Å². The van der Waals surface area contributed by atoms with E-state index in [0.29, 0.717) is 34.7 Å². The van der Waals surface area contributed by atoms with Crippen LogP contribution >= 0.6 is 11.6 Å². The number of carboxylic acids is 1. The molecule has 124 valence electrons. The van der Waals surface area contributed by atoms with Gasteiger partial charge in [0.15, 0.2) is 0 Å². The fourth-order valence-electron chi connectivity index (χ4n) is 3.05. The highest BCUT2D eigenvalue weighted by atomic mass is 35.5. The summed E-state index contributed by atoms with van der Waals surface area (Å²) < 4.78 is 1.64. The van der Waals surface area contributed by atoms with Gasteiger partial charge in [0.1, 0.15) is 5.82 Å². The Morgan fingerprint density at radius 1 is 1.20 bits per heavy atom. The zero-order valence-electron chi connectivity index (χ0n) is 13.1. The van der Waals surface area contributed by atoms with E-state index in [1.807, 2.05) is 30.3 Å². The maximum absolute atomic E-state index is 12.7. The second-order valence-electron chi connectivity index (χ2n) is 5.90. The normalized spacial score (nSPS) is 14.8. The minimum absolute atomic E-state index is 0.116. The van der Waals surface area contributed by atoms with E-state index >= 15 is 0 Å². The summed E-state index contributed by atoms with van der Waals surface area (Å²) in [7, 11) is 0. The van der Waals surface area contributed by atoms with Gasteiger partial charge < -0.3 is 5.11 Å². The van der Waals surface area contributed by atoms with E-state index in [0.717, 1.165) is 11.1 Å². The predicted molar refractivity (Wildman–Crippen MR) is 96.9 cm³/mol. The van der Waals surface area contributed by atoms with Gasteiger partial charge >= 0.3 is 5.97 Å². The number of aromatic nitrogens is 2. The molecule has 0 saturated carbocycles. The van der Waals surface area contributed by atoms with Gasteiger partial charge in [0.2, 0.25) is 0 Å². The van der Waals surface area contributed by atoms with Crippen LogP contribution in [0.1, 0.15) is 28.2 Å². The van der Waals surface area contributed by atoms with Gasteiger partial charge in [0.05, 0.1) is 16.5 Å². The number of hydrogen-bond acceptors (Lipinski definition) is 3. The summed E-state index contributed by atoms with van der Waals surface area (Å²) in [6.07, 6.45) is 2.68. The number of rotatable bonds is 2. The molecule has 0 fully saturated rings. The number of fused-ring (bicyclic) bond motifs is 2. The van der Waals surface area contributed by atoms with Gasteiger partial charge in [-0.15, -0.1) is 0 Å². The van der Waals surface area contributed by atoms with Crippen LogP contribution in [0.2, 0.25) is 5.02 Å². The Morgan fingerprint density at radius 2 is 1.96 bits per heavy atom. The molecule has 3 aromatic rings. The first-order valence-electron chi connectivity index (χ1n) is 7.77. The lowest BCUT2D eigenvalue weighted by Gasteiger charge is -2.06. The number of allylic oxidation sites excluding steroid dienone is 1. The minimum Gasteiger partial charge on any atom is -0.478 e. The predicted octanol–water partition coefficient (Wildman–Crippen LogP) is 3.69. The van der Waals surface area contributed by atoms with E-state index in [1.54, 1.807) is 4.57 Å². The molecule has 0 unspecified atom stereocenters. The molecule has 0 aliphatic carbocycles. The number of carboxylic acid groups (broad SMARTS) is 1. The largest absolute Gasteiger partial charge is 0.478 e. The molecule has 2 aromatic carbocycles. The Kier molecular flexibility index (Phi) is 3.66. The molecule has 0 amide bonds. The van der Waals surface area contributed by atoms with E-state index < -0.39 is 5.97 Å². The Balaban J connectivity index is 1.88. The molecule has 0 saturated heterocycles. The summed E-state index contributed by atoms with van der Waals surface area (Å²) in [4.78, 5) is 28.4. The Morgan fingerprint density at radius 3 is 2.68 bits per heavy atom. The highest BCUT2D eigenvalue weighted by molar-refractivity contribution is 6.30. The van der Waals surface area contributed by atoms with Gasteiger partial charge in [0, 0.05) is 11.6 Å². The Labute approximate surface area is 147 Å². The third-order valence-corrected chi connectivity index (χ3v) is 4.56. The summed E-state index contributed by atoms with van der Waals surface area (Å²) in [6, 6.07) is 11.8. The first-order chi connectivity index (χ1) is 12.0. The number of nitrogens with zero attached hydrogens (tertiary/aromatic N) is 2. The second kappa shape index (κ2) is 5.86. The monoisotopic (exact) mass is 352 g/mol. The molecule has 0 radical (unpaired) electrons. The van der Waals surface area contributed by atoms with Gasteiger partial charge in [-0.2, -0.15) is 0 Å². The topological polar surface area (TPSA) is 72.2 Å². The van der Waals surface area contributed by atoms with Crippen molar-refractivity contribution < 1.29 is 9.90 Å². The second-order valence-corrected chi connectivity index (χ2v) is 6.34. The van der Waals surface area contributed by atoms with Crippen LogP contribution < -0.4 is 5.56 Å². The molecule has 2 heterocycles. The van der Waals surface area contributed by atoms with Crippen LogP contribution in [0.5, 0.6) is 0 Å². The third-order valence-electron chi connectivity index (χ3n) is 4.31. The lowest BCUT2D eigenvalue weighted by molar-refractivity contribution is 0.0697. The summed E-state index contributed by atoms with van der Waals surface area (Å²) in [5.74, 6) is -0.448. The highest BCUT2D eigenvalue weighted by Crippen LogP contribution is 2.28. The van der Waals surface area contributed by atoms with Gasteiger partial charge in [-0.05, 0) is 54.0 Å².